The van der Waals surface area contributed by atoms with E-state index in [0.717, 1.165) is 12.1 Å². The van der Waals surface area contributed by atoms with Crippen LogP contribution in [0.4, 0.5) is 0 Å². The van der Waals surface area contributed by atoms with Gasteiger partial charge in [0, 0.05) is 29.6 Å². The first-order chi connectivity index (χ1) is 9.90. The molecule has 0 radical (unpaired) electrons. The first-order valence-corrected chi connectivity index (χ1v) is 9.21. The summed E-state index contributed by atoms with van der Waals surface area (Å²) < 4.78 is 0. The van der Waals surface area contributed by atoms with E-state index in [4.69, 9.17) is 0 Å². The predicted octanol–water partition coefficient (Wildman–Crippen LogP) is 3.19. The molecule has 0 spiro atoms. The number of thioether (sulfide) groups is 1. The molecule has 4 rings (SSSR count). The highest BCUT2D eigenvalue weighted by Crippen LogP contribution is 2.34. The van der Waals surface area contributed by atoms with Gasteiger partial charge in [-0.15, -0.1) is 0 Å². The van der Waals surface area contributed by atoms with Crippen molar-refractivity contribution in [2.75, 3.05) is 18.8 Å². The van der Waals surface area contributed by atoms with Gasteiger partial charge in [-0.05, 0) is 49.9 Å². The standard InChI is InChI=1S/C17H24N2S/c1-2-6-16-13(4-1)11-20-12-17(16)18-14-7-9-19-8-3-5-15(19)10-14/h1-2,4,6,14-15,17-18H,3,5,7-12H2. The molecule has 3 unspecified atom stereocenters. The van der Waals surface area contributed by atoms with Crippen molar-refractivity contribution in [3.05, 3.63) is 35.4 Å². The zero-order valence-corrected chi connectivity index (χ0v) is 12.9. The molecule has 20 heavy (non-hydrogen) atoms. The van der Waals surface area contributed by atoms with E-state index >= 15 is 0 Å². The van der Waals surface area contributed by atoms with E-state index in [2.05, 4.69) is 46.2 Å². The molecule has 0 aliphatic carbocycles. The molecule has 1 aromatic rings. The van der Waals surface area contributed by atoms with Gasteiger partial charge in [0.2, 0.25) is 0 Å². The minimum Gasteiger partial charge on any atom is -0.306 e. The van der Waals surface area contributed by atoms with E-state index in [0.29, 0.717) is 6.04 Å². The average Bonchev–Trinajstić information content (AvgIpc) is 2.95. The van der Waals surface area contributed by atoms with Gasteiger partial charge in [-0.1, -0.05) is 24.3 Å². The molecule has 3 atom stereocenters. The summed E-state index contributed by atoms with van der Waals surface area (Å²) in [5.74, 6) is 2.43. The molecule has 0 saturated carbocycles. The van der Waals surface area contributed by atoms with Crippen LogP contribution >= 0.6 is 11.8 Å². The van der Waals surface area contributed by atoms with Crippen molar-refractivity contribution < 1.29 is 0 Å². The Morgan fingerprint density at radius 3 is 3.10 bits per heavy atom. The van der Waals surface area contributed by atoms with Crippen LogP contribution in [0.1, 0.15) is 42.9 Å². The van der Waals surface area contributed by atoms with Gasteiger partial charge in [-0.2, -0.15) is 11.8 Å². The van der Waals surface area contributed by atoms with Crippen molar-refractivity contribution in [1.29, 1.82) is 0 Å². The summed E-state index contributed by atoms with van der Waals surface area (Å²) in [6, 6.07) is 11.2. The summed E-state index contributed by atoms with van der Waals surface area (Å²) in [7, 11) is 0. The monoisotopic (exact) mass is 288 g/mol. The number of benzene rings is 1. The fourth-order valence-electron chi connectivity index (χ4n) is 4.18. The quantitative estimate of drug-likeness (QED) is 0.900. The molecule has 3 heteroatoms. The molecule has 2 saturated heterocycles. The highest BCUT2D eigenvalue weighted by atomic mass is 32.2. The Kier molecular flexibility index (Phi) is 3.76. The van der Waals surface area contributed by atoms with Crippen LogP contribution < -0.4 is 5.32 Å². The summed E-state index contributed by atoms with van der Waals surface area (Å²) in [6.45, 7) is 2.66. The molecule has 2 fully saturated rings. The zero-order valence-electron chi connectivity index (χ0n) is 12.1. The Hall–Kier alpha value is -0.510. The lowest BCUT2D eigenvalue weighted by atomic mass is 9.95. The third-order valence-electron chi connectivity index (χ3n) is 5.23. The van der Waals surface area contributed by atoms with Gasteiger partial charge in [0.1, 0.15) is 0 Å². The third kappa shape index (κ3) is 2.51. The van der Waals surface area contributed by atoms with E-state index in [9.17, 15) is 0 Å². The number of hydrogen-bond donors (Lipinski definition) is 1. The summed E-state index contributed by atoms with van der Waals surface area (Å²) in [6.07, 6.45) is 5.54. The summed E-state index contributed by atoms with van der Waals surface area (Å²) in [5, 5.41) is 3.98. The fourth-order valence-corrected chi connectivity index (χ4v) is 5.29. The largest absolute Gasteiger partial charge is 0.306 e. The maximum absolute atomic E-state index is 3.98. The summed E-state index contributed by atoms with van der Waals surface area (Å²) >= 11 is 2.08. The maximum atomic E-state index is 3.98. The molecule has 108 valence electrons. The lowest BCUT2D eigenvalue weighted by Crippen LogP contribution is -2.47. The Labute approximate surface area is 126 Å². The molecule has 0 amide bonds. The van der Waals surface area contributed by atoms with E-state index in [1.54, 1.807) is 11.1 Å². The van der Waals surface area contributed by atoms with Gasteiger partial charge in [0.05, 0.1) is 0 Å². The van der Waals surface area contributed by atoms with Crippen LogP contribution in [0, 0.1) is 0 Å². The Morgan fingerprint density at radius 2 is 2.10 bits per heavy atom. The normalized spacial score (nSPS) is 33.7. The van der Waals surface area contributed by atoms with Crippen LogP contribution in [0.3, 0.4) is 0 Å². The van der Waals surface area contributed by atoms with Crippen LogP contribution in [0.25, 0.3) is 0 Å². The molecule has 3 aliphatic heterocycles. The van der Waals surface area contributed by atoms with Crippen molar-refractivity contribution in [1.82, 2.24) is 10.2 Å². The number of piperidine rings is 1. The minimum absolute atomic E-state index is 0.572. The second kappa shape index (κ2) is 5.70. The van der Waals surface area contributed by atoms with Gasteiger partial charge < -0.3 is 10.2 Å². The minimum atomic E-state index is 0.572. The van der Waals surface area contributed by atoms with Crippen LogP contribution in [-0.4, -0.2) is 35.8 Å². The van der Waals surface area contributed by atoms with Crippen molar-refractivity contribution in [2.45, 2.75) is 49.6 Å². The first kappa shape index (κ1) is 13.2. The zero-order chi connectivity index (χ0) is 13.4. The van der Waals surface area contributed by atoms with Crippen LogP contribution in [0.5, 0.6) is 0 Å². The number of fused-ring (bicyclic) bond motifs is 2. The summed E-state index contributed by atoms with van der Waals surface area (Å²) in [5.41, 5.74) is 3.10. The van der Waals surface area contributed by atoms with Gasteiger partial charge in [-0.25, -0.2) is 0 Å². The number of hydrogen-bond acceptors (Lipinski definition) is 3. The smallest absolute Gasteiger partial charge is 0.0417 e. The van der Waals surface area contributed by atoms with Gasteiger partial charge in [-0.3, -0.25) is 0 Å². The molecule has 2 nitrogen and oxygen atoms in total. The molecule has 0 bridgehead atoms. The highest BCUT2D eigenvalue weighted by molar-refractivity contribution is 7.98. The van der Waals surface area contributed by atoms with Crippen LogP contribution in [0.15, 0.2) is 24.3 Å². The Bertz CT molecular complexity index is 476. The third-order valence-corrected chi connectivity index (χ3v) is 6.31. The second-order valence-electron chi connectivity index (χ2n) is 6.49. The first-order valence-electron chi connectivity index (χ1n) is 8.06. The van der Waals surface area contributed by atoms with E-state index in [-0.39, 0.29) is 0 Å². The van der Waals surface area contributed by atoms with E-state index < -0.39 is 0 Å². The van der Waals surface area contributed by atoms with Crippen molar-refractivity contribution >= 4 is 11.8 Å². The average molecular weight is 288 g/mol. The van der Waals surface area contributed by atoms with Crippen molar-refractivity contribution in [3.8, 4) is 0 Å². The number of nitrogens with one attached hydrogen (secondary N) is 1. The van der Waals surface area contributed by atoms with Crippen molar-refractivity contribution in [2.24, 2.45) is 0 Å². The van der Waals surface area contributed by atoms with E-state index in [1.807, 2.05) is 0 Å². The summed E-state index contributed by atoms with van der Waals surface area (Å²) in [4.78, 5) is 2.71. The Balaban J connectivity index is 1.45. The predicted molar refractivity (Wildman–Crippen MR) is 86.1 cm³/mol. The lowest BCUT2D eigenvalue weighted by Gasteiger charge is -2.38. The van der Waals surface area contributed by atoms with Gasteiger partial charge in [0.15, 0.2) is 0 Å². The molecule has 0 aromatic heterocycles. The van der Waals surface area contributed by atoms with Crippen LogP contribution in [0.2, 0.25) is 0 Å². The fraction of sp³-hybridized carbons (Fsp3) is 0.647. The van der Waals surface area contributed by atoms with Gasteiger partial charge in [0.25, 0.3) is 0 Å². The second-order valence-corrected chi connectivity index (χ2v) is 7.52. The molecule has 1 aromatic carbocycles. The lowest BCUT2D eigenvalue weighted by molar-refractivity contribution is 0.162. The number of nitrogens with zero attached hydrogens (tertiary/aromatic N) is 1. The van der Waals surface area contributed by atoms with E-state index in [1.165, 1.54) is 50.3 Å². The molecule has 3 aliphatic rings. The van der Waals surface area contributed by atoms with Crippen molar-refractivity contribution in [3.63, 3.8) is 0 Å². The molecular formula is C17H24N2S. The molecular weight excluding hydrogens is 264 g/mol. The number of rotatable bonds is 2. The maximum Gasteiger partial charge on any atom is 0.0417 e. The highest BCUT2D eigenvalue weighted by Gasteiger charge is 2.33. The van der Waals surface area contributed by atoms with Gasteiger partial charge >= 0.3 is 0 Å². The Morgan fingerprint density at radius 1 is 1.15 bits per heavy atom. The van der Waals surface area contributed by atoms with Crippen LogP contribution in [-0.2, 0) is 5.75 Å². The molecule has 3 heterocycles. The topological polar surface area (TPSA) is 15.3 Å². The SMILES string of the molecule is c1ccc2c(c1)CSCC2NC1CCN2CCCC2C1. The molecule has 1 N–H and O–H groups in total.